The van der Waals surface area contributed by atoms with Gasteiger partial charge in [-0.15, -0.1) is 0 Å². The van der Waals surface area contributed by atoms with Gasteiger partial charge in [0.2, 0.25) is 5.91 Å². The third kappa shape index (κ3) is 5.36. The van der Waals surface area contributed by atoms with E-state index in [-0.39, 0.29) is 5.91 Å². The molecule has 18 heavy (non-hydrogen) atoms. The minimum absolute atomic E-state index is 0.172. The molecule has 106 valence electrons. The lowest BCUT2D eigenvalue weighted by atomic mass is 9.96. The number of carbonyl (C=O) groups is 1. The van der Waals surface area contributed by atoms with Crippen LogP contribution in [0.5, 0.6) is 0 Å². The highest BCUT2D eigenvalue weighted by molar-refractivity contribution is 5.76. The van der Waals surface area contributed by atoms with Crippen molar-refractivity contribution in [2.45, 2.75) is 39.5 Å². The number of nitrogens with two attached hydrogens (primary N) is 1. The average molecular weight is 255 g/mol. The van der Waals surface area contributed by atoms with E-state index in [9.17, 15) is 4.79 Å². The quantitative estimate of drug-likeness (QED) is 0.719. The van der Waals surface area contributed by atoms with Gasteiger partial charge in [-0.05, 0) is 50.9 Å². The smallest absolute Gasteiger partial charge is 0.220 e. The highest BCUT2D eigenvalue weighted by Gasteiger charge is 2.19. The van der Waals surface area contributed by atoms with Gasteiger partial charge in [-0.25, -0.2) is 0 Å². The van der Waals surface area contributed by atoms with Crippen molar-refractivity contribution in [3.05, 3.63) is 0 Å². The Bertz CT molecular complexity index is 233. The van der Waals surface area contributed by atoms with E-state index in [1.165, 1.54) is 25.9 Å². The molecule has 0 radical (unpaired) electrons. The van der Waals surface area contributed by atoms with Gasteiger partial charge in [0.15, 0.2) is 0 Å². The standard InChI is InChI=1S/C14H29N3O/c1-3-12(10-15)9-14(18)16-11-13-5-7-17(4-2)8-6-13/h12-13H,3-11,15H2,1-2H3,(H,16,18). The first-order valence-corrected chi connectivity index (χ1v) is 7.38. The first kappa shape index (κ1) is 15.4. The second-order valence-electron chi connectivity index (χ2n) is 5.40. The minimum Gasteiger partial charge on any atom is -0.356 e. The van der Waals surface area contributed by atoms with Gasteiger partial charge in [-0.3, -0.25) is 4.79 Å². The Morgan fingerprint density at radius 3 is 2.56 bits per heavy atom. The fourth-order valence-electron chi connectivity index (χ4n) is 2.49. The summed E-state index contributed by atoms with van der Waals surface area (Å²) in [4.78, 5) is 14.2. The molecule has 0 aromatic carbocycles. The van der Waals surface area contributed by atoms with E-state index in [0.29, 0.717) is 24.8 Å². The molecule has 4 nitrogen and oxygen atoms in total. The van der Waals surface area contributed by atoms with Crippen LogP contribution in [0, 0.1) is 11.8 Å². The topological polar surface area (TPSA) is 58.4 Å². The van der Waals surface area contributed by atoms with Crippen LogP contribution in [0.4, 0.5) is 0 Å². The van der Waals surface area contributed by atoms with Crippen LogP contribution in [0.15, 0.2) is 0 Å². The van der Waals surface area contributed by atoms with Gasteiger partial charge >= 0.3 is 0 Å². The SMILES string of the molecule is CCC(CN)CC(=O)NCC1CCN(CC)CC1. The average Bonchev–Trinajstić information content (AvgIpc) is 2.43. The molecule has 0 aromatic heterocycles. The van der Waals surface area contributed by atoms with Crippen LogP contribution < -0.4 is 11.1 Å². The van der Waals surface area contributed by atoms with Gasteiger partial charge in [-0.1, -0.05) is 20.3 Å². The van der Waals surface area contributed by atoms with Gasteiger partial charge in [0, 0.05) is 13.0 Å². The third-order valence-corrected chi connectivity index (χ3v) is 4.13. The first-order valence-electron chi connectivity index (χ1n) is 7.38. The van der Waals surface area contributed by atoms with Crippen LogP contribution in [0.2, 0.25) is 0 Å². The molecule has 1 aliphatic heterocycles. The predicted octanol–water partition coefficient (Wildman–Crippen LogP) is 1.21. The van der Waals surface area contributed by atoms with E-state index in [1.807, 2.05) is 0 Å². The predicted molar refractivity (Wildman–Crippen MR) is 75.3 cm³/mol. The number of hydrogen-bond donors (Lipinski definition) is 2. The molecule has 0 saturated carbocycles. The Balaban J connectivity index is 2.15. The summed E-state index contributed by atoms with van der Waals surface area (Å²) in [6, 6.07) is 0. The van der Waals surface area contributed by atoms with Crippen molar-refractivity contribution in [2.24, 2.45) is 17.6 Å². The molecule has 1 atom stereocenters. The van der Waals surface area contributed by atoms with Crippen molar-refractivity contribution >= 4 is 5.91 Å². The van der Waals surface area contributed by atoms with Crippen molar-refractivity contribution in [3.8, 4) is 0 Å². The number of hydrogen-bond acceptors (Lipinski definition) is 3. The maximum atomic E-state index is 11.8. The number of likely N-dealkylation sites (tertiary alicyclic amines) is 1. The third-order valence-electron chi connectivity index (χ3n) is 4.13. The molecule has 3 N–H and O–H groups in total. The molecule has 1 unspecified atom stereocenters. The Morgan fingerprint density at radius 1 is 1.39 bits per heavy atom. The lowest BCUT2D eigenvalue weighted by molar-refractivity contribution is -0.122. The van der Waals surface area contributed by atoms with Crippen molar-refractivity contribution < 1.29 is 4.79 Å². The van der Waals surface area contributed by atoms with Gasteiger partial charge in [0.05, 0.1) is 0 Å². The highest BCUT2D eigenvalue weighted by Crippen LogP contribution is 2.16. The molecule has 0 bridgehead atoms. The Morgan fingerprint density at radius 2 is 2.06 bits per heavy atom. The normalized spacial score (nSPS) is 19.7. The number of piperidine rings is 1. The Kier molecular flexibility index (Phi) is 7.28. The number of nitrogens with one attached hydrogen (secondary N) is 1. The van der Waals surface area contributed by atoms with Crippen molar-refractivity contribution in [1.82, 2.24) is 10.2 Å². The molecule has 0 spiro atoms. The maximum absolute atomic E-state index is 11.8. The molecule has 0 aromatic rings. The zero-order chi connectivity index (χ0) is 13.4. The number of rotatable bonds is 7. The summed E-state index contributed by atoms with van der Waals surface area (Å²) in [5, 5.41) is 3.07. The van der Waals surface area contributed by atoms with Crippen LogP contribution in [-0.2, 0) is 4.79 Å². The van der Waals surface area contributed by atoms with E-state index >= 15 is 0 Å². The Labute approximate surface area is 111 Å². The van der Waals surface area contributed by atoms with Gasteiger partial charge in [0.1, 0.15) is 0 Å². The molecule has 1 rings (SSSR count). The molecule has 1 heterocycles. The largest absolute Gasteiger partial charge is 0.356 e. The van der Waals surface area contributed by atoms with Gasteiger partial charge in [0.25, 0.3) is 0 Å². The maximum Gasteiger partial charge on any atom is 0.220 e. The number of carbonyl (C=O) groups excluding carboxylic acids is 1. The van der Waals surface area contributed by atoms with Gasteiger partial charge in [-0.2, -0.15) is 0 Å². The second kappa shape index (κ2) is 8.48. The fourth-order valence-corrected chi connectivity index (χ4v) is 2.49. The molecule has 1 saturated heterocycles. The van der Waals surface area contributed by atoms with Crippen LogP contribution in [0.1, 0.15) is 39.5 Å². The van der Waals surface area contributed by atoms with Crippen LogP contribution in [0.25, 0.3) is 0 Å². The molecule has 1 fully saturated rings. The fraction of sp³-hybridized carbons (Fsp3) is 0.929. The van der Waals surface area contributed by atoms with E-state index in [1.54, 1.807) is 0 Å². The summed E-state index contributed by atoms with van der Waals surface area (Å²) in [5.41, 5.74) is 5.62. The first-order chi connectivity index (χ1) is 8.69. The molecule has 1 aliphatic rings. The molecular formula is C14H29N3O. The van der Waals surface area contributed by atoms with E-state index < -0.39 is 0 Å². The van der Waals surface area contributed by atoms with Crippen molar-refractivity contribution in [1.29, 1.82) is 0 Å². The van der Waals surface area contributed by atoms with Crippen LogP contribution >= 0.6 is 0 Å². The summed E-state index contributed by atoms with van der Waals surface area (Å²) in [6.07, 6.45) is 3.99. The molecule has 4 heteroatoms. The summed E-state index contributed by atoms with van der Waals surface area (Å²) >= 11 is 0. The molecular weight excluding hydrogens is 226 g/mol. The number of nitrogens with zero attached hydrogens (tertiary/aromatic N) is 1. The molecule has 0 aliphatic carbocycles. The van der Waals surface area contributed by atoms with Crippen LogP contribution in [-0.4, -0.2) is 43.5 Å². The van der Waals surface area contributed by atoms with Crippen molar-refractivity contribution in [2.75, 3.05) is 32.7 Å². The van der Waals surface area contributed by atoms with E-state index in [2.05, 4.69) is 24.1 Å². The summed E-state index contributed by atoms with van der Waals surface area (Å²) < 4.78 is 0. The van der Waals surface area contributed by atoms with E-state index in [4.69, 9.17) is 5.73 Å². The molecule has 1 amide bonds. The monoisotopic (exact) mass is 255 g/mol. The second-order valence-corrected chi connectivity index (χ2v) is 5.40. The summed E-state index contributed by atoms with van der Waals surface area (Å²) in [7, 11) is 0. The van der Waals surface area contributed by atoms with Gasteiger partial charge < -0.3 is 16.0 Å². The lowest BCUT2D eigenvalue weighted by Gasteiger charge is -2.31. The summed E-state index contributed by atoms with van der Waals surface area (Å²) in [6.45, 7) is 9.25. The highest BCUT2D eigenvalue weighted by atomic mass is 16.1. The number of amides is 1. The zero-order valence-corrected chi connectivity index (χ0v) is 12.0. The summed E-state index contributed by atoms with van der Waals surface area (Å²) in [5.74, 6) is 1.17. The lowest BCUT2D eigenvalue weighted by Crippen LogP contribution is -2.39. The Hall–Kier alpha value is -0.610. The van der Waals surface area contributed by atoms with Crippen LogP contribution in [0.3, 0.4) is 0 Å². The minimum atomic E-state index is 0.172. The van der Waals surface area contributed by atoms with E-state index in [0.717, 1.165) is 19.5 Å². The van der Waals surface area contributed by atoms with Crippen molar-refractivity contribution in [3.63, 3.8) is 0 Å². The zero-order valence-electron chi connectivity index (χ0n) is 12.0.